The summed E-state index contributed by atoms with van der Waals surface area (Å²) < 4.78 is 0. The molecule has 0 radical (unpaired) electrons. The molecule has 0 aromatic carbocycles. The summed E-state index contributed by atoms with van der Waals surface area (Å²) in [7, 11) is 0. The average molecular weight is 185 g/mol. The van der Waals surface area contributed by atoms with Gasteiger partial charge in [0, 0.05) is 19.1 Å². The maximum absolute atomic E-state index is 9.15. The van der Waals surface area contributed by atoms with E-state index in [2.05, 4.69) is 5.32 Å². The van der Waals surface area contributed by atoms with Gasteiger partial charge in [-0.05, 0) is 13.0 Å². The molecule has 1 heterocycles. The normalized spacial score (nSPS) is 30.0. The Balaban J connectivity index is 0. The molecule has 3 nitrogen and oxygen atoms in total. The van der Waals surface area contributed by atoms with E-state index in [0.29, 0.717) is 6.54 Å². The third kappa shape index (κ3) is 4.95. The molecule has 0 spiro atoms. The van der Waals surface area contributed by atoms with Gasteiger partial charge in [-0.3, -0.25) is 0 Å². The molecule has 2 unspecified atom stereocenters. The van der Waals surface area contributed by atoms with Crippen LogP contribution < -0.4 is 56.7 Å². The number of β-amino-alcohol motifs (C(OH)–C–C–N with tert-alkyl or cyclic N) is 1. The minimum absolute atomic E-state index is 0. The summed E-state index contributed by atoms with van der Waals surface area (Å²) in [5.41, 5.74) is 0. The van der Waals surface area contributed by atoms with Crippen LogP contribution in [0.4, 0.5) is 0 Å². The van der Waals surface area contributed by atoms with Gasteiger partial charge < -0.3 is 23.0 Å². The summed E-state index contributed by atoms with van der Waals surface area (Å²) in [5.74, 6) is 0.103. The zero-order valence-corrected chi connectivity index (χ0v) is 10.5. The molecule has 1 saturated heterocycles. The monoisotopic (exact) mass is 185 g/mol. The summed E-state index contributed by atoms with van der Waals surface area (Å²) >= 11 is 0. The van der Waals surface area contributed by atoms with Gasteiger partial charge in [-0.15, -0.1) is 0 Å². The minimum atomic E-state index is -0.344. The second-order valence-corrected chi connectivity index (χ2v) is 2.50. The molecule has 1 aliphatic heterocycles. The second-order valence-electron chi connectivity index (χ2n) is 2.50. The maximum atomic E-state index is 9.15. The molecule has 0 saturated carbocycles. The molecular formula is C7H16KNO2. The first-order chi connectivity index (χ1) is 4.34. The Morgan fingerprint density at radius 2 is 2.09 bits per heavy atom. The average Bonchev–Trinajstić information content (AvgIpc) is 1.89. The summed E-state index contributed by atoms with van der Waals surface area (Å²) in [6.45, 7) is 1.66. The molecular weight excluding hydrogens is 169 g/mol. The quantitative estimate of drug-likeness (QED) is 0.292. The first kappa shape index (κ1) is 15.0. The van der Waals surface area contributed by atoms with Crippen molar-refractivity contribution in [3.63, 3.8) is 0 Å². The largest absolute Gasteiger partial charge is 1.00 e. The standard InChI is InChI=1S/C6H13NO2.CH3.K/c8-4-5-1-2-7-3-6(5)9;;/h5-9H,1-4H2;1H3;/q;-1;+1. The fourth-order valence-corrected chi connectivity index (χ4v) is 1.11. The van der Waals surface area contributed by atoms with Crippen molar-refractivity contribution >= 4 is 0 Å². The van der Waals surface area contributed by atoms with Crippen LogP contribution in [0.5, 0.6) is 0 Å². The number of hydrogen-bond acceptors (Lipinski definition) is 3. The Labute approximate surface area is 111 Å². The zero-order chi connectivity index (χ0) is 6.69. The van der Waals surface area contributed by atoms with Crippen LogP contribution in [0.25, 0.3) is 0 Å². The van der Waals surface area contributed by atoms with E-state index in [1.165, 1.54) is 0 Å². The van der Waals surface area contributed by atoms with E-state index < -0.39 is 0 Å². The number of aliphatic hydroxyl groups is 2. The molecule has 1 fully saturated rings. The molecule has 0 aromatic rings. The SMILES string of the molecule is OCC1CCNCC1O.[CH3-].[K+]. The van der Waals surface area contributed by atoms with Crippen molar-refractivity contribution in [1.82, 2.24) is 5.32 Å². The smallest absolute Gasteiger partial charge is 0.396 e. The molecule has 62 valence electrons. The summed E-state index contributed by atoms with van der Waals surface area (Å²) in [4.78, 5) is 0. The van der Waals surface area contributed by atoms with Crippen molar-refractivity contribution in [2.24, 2.45) is 5.92 Å². The molecule has 1 rings (SSSR count). The fraction of sp³-hybridized carbons (Fsp3) is 0.857. The Kier molecular flexibility index (Phi) is 11.1. The zero-order valence-electron chi connectivity index (χ0n) is 7.38. The van der Waals surface area contributed by atoms with Gasteiger partial charge >= 0.3 is 51.4 Å². The van der Waals surface area contributed by atoms with Crippen molar-refractivity contribution in [2.45, 2.75) is 12.5 Å². The molecule has 2 atom stereocenters. The second kappa shape index (κ2) is 8.13. The van der Waals surface area contributed by atoms with Crippen molar-refractivity contribution in [3.8, 4) is 0 Å². The van der Waals surface area contributed by atoms with Gasteiger partial charge in [-0.1, -0.05) is 0 Å². The number of nitrogens with one attached hydrogen (secondary N) is 1. The first-order valence-corrected chi connectivity index (χ1v) is 3.34. The van der Waals surface area contributed by atoms with E-state index >= 15 is 0 Å². The van der Waals surface area contributed by atoms with Crippen LogP contribution in [0, 0.1) is 13.3 Å². The molecule has 1 aliphatic rings. The van der Waals surface area contributed by atoms with E-state index in [1.54, 1.807) is 0 Å². The summed E-state index contributed by atoms with van der Waals surface area (Å²) in [6.07, 6.45) is 0.543. The summed E-state index contributed by atoms with van der Waals surface area (Å²) in [5, 5.41) is 20.9. The van der Waals surface area contributed by atoms with Crippen LogP contribution in [0.2, 0.25) is 0 Å². The molecule has 0 aromatic heterocycles. The van der Waals surface area contributed by atoms with Crippen LogP contribution in [0.3, 0.4) is 0 Å². The van der Waals surface area contributed by atoms with Gasteiger partial charge in [0.1, 0.15) is 0 Å². The Morgan fingerprint density at radius 1 is 1.45 bits per heavy atom. The van der Waals surface area contributed by atoms with E-state index in [9.17, 15) is 0 Å². The first-order valence-electron chi connectivity index (χ1n) is 3.34. The molecule has 0 amide bonds. The predicted octanol–water partition coefficient (Wildman–Crippen LogP) is -3.60. The van der Waals surface area contributed by atoms with Gasteiger partial charge in [0.25, 0.3) is 0 Å². The van der Waals surface area contributed by atoms with Gasteiger partial charge in [0.05, 0.1) is 6.10 Å². The maximum Gasteiger partial charge on any atom is 1.00 e. The van der Waals surface area contributed by atoms with Crippen molar-refractivity contribution in [1.29, 1.82) is 0 Å². The van der Waals surface area contributed by atoms with Crippen LogP contribution in [0.1, 0.15) is 6.42 Å². The van der Waals surface area contributed by atoms with Crippen molar-refractivity contribution < 1.29 is 61.6 Å². The van der Waals surface area contributed by atoms with Crippen molar-refractivity contribution in [3.05, 3.63) is 7.43 Å². The summed E-state index contributed by atoms with van der Waals surface area (Å²) in [6, 6.07) is 0. The number of rotatable bonds is 1. The minimum Gasteiger partial charge on any atom is -0.396 e. The molecule has 0 aliphatic carbocycles. The molecule has 4 heteroatoms. The Bertz CT molecular complexity index is 92.5. The van der Waals surface area contributed by atoms with E-state index in [4.69, 9.17) is 10.2 Å². The van der Waals surface area contributed by atoms with Gasteiger partial charge in [-0.25, -0.2) is 0 Å². The van der Waals surface area contributed by atoms with E-state index in [1.807, 2.05) is 0 Å². The molecule has 0 bridgehead atoms. The Morgan fingerprint density at radius 3 is 2.45 bits per heavy atom. The van der Waals surface area contributed by atoms with Gasteiger partial charge in [0.2, 0.25) is 0 Å². The Hall–Kier alpha value is 1.52. The van der Waals surface area contributed by atoms with Crippen LogP contribution in [0.15, 0.2) is 0 Å². The third-order valence-corrected chi connectivity index (χ3v) is 1.82. The van der Waals surface area contributed by atoms with Gasteiger partial charge in [0.15, 0.2) is 0 Å². The topological polar surface area (TPSA) is 52.5 Å². The molecule has 3 N–H and O–H groups in total. The number of aliphatic hydroxyl groups excluding tert-OH is 2. The molecule has 11 heavy (non-hydrogen) atoms. The van der Waals surface area contributed by atoms with E-state index in [-0.39, 0.29) is 77.4 Å². The van der Waals surface area contributed by atoms with E-state index in [0.717, 1.165) is 13.0 Å². The third-order valence-electron chi connectivity index (χ3n) is 1.82. The van der Waals surface area contributed by atoms with Crippen LogP contribution in [-0.4, -0.2) is 36.0 Å². The van der Waals surface area contributed by atoms with Crippen LogP contribution in [-0.2, 0) is 0 Å². The number of hydrogen-bond donors (Lipinski definition) is 3. The predicted molar refractivity (Wildman–Crippen MR) is 40.5 cm³/mol. The van der Waals surface area contributed by atoms with Crippen molar-refractivity contribution in [2.75, 3.05) is 19.7 Å². The fourth-order valence-electron chi connectivity index (χ4n) is 1.11. The number of piperidine rings is 1. The van der Waals surface area contributed by atoms with Gasteiger partial charge in [-0.2, -0.15) is 0 Å². The van der Waals surface area contributed by atoms with Crippen LogP contribution >= 0.6 is 0 Å².